The summed E-state index contributed by atoms with van der Waals surface area (Å²) in [7, 11) is 0. The van der Waals surface area contributed by atoms with Crippen molar-refractivity contribution in [3.63, 3.8) is 0 Å². The lowest BCUT2D eigenvalue weighted by Crippen LogP contribution is -2.21. The van der Waals surface area contributed by atoms with Gasteiger partial charge in [-0.2, -0.15) is 0 Å². The first kappa shape index (κ1) is 13.0. The zero-order valence-electron chi connectivity index (χ0n) is 9.59. The molecule has 0 saturated carbocycles. The summed E-state index contributed by atoms with van der Waals surface area (Å²) < 4.78 is 1.01. The summed E-state index contributed by atoms with van der Waals surface area (Å²) in [5, 5.41) is 2.79. The van der Waals surface area contributed by atoms with Gasteiger partial charge in [0.15, 0.2) is 0 Å². The van der Waals surface area contributed by atoms with Gasteiger partial charge in [0.1, 0.15) is 0 Å². The zero-order valence-corrected chi connectivity index (χ0v) is 11.2. The standard InChI is InChI=1S/C13H16BrNO/c1-3-8-15-13(16)7-6-11-5-4-10(2)9-12(11)14/h4-7,9H,3,8H2,1-2H3,(H,15,16)/b7-6-. The summed E-state index contributed by atoms with van der Waals surface area (Å²) >= 11 is 3.47. The van der Waals surface area contributed by atoms with Crippen LogP contribution in [0.5, 0.6) is 0 Å². The molecule has 1 amide bonds. The van der Waals surface area contributed by atoms with Gasteiger partial charge in [-0.05, 0) is 36.6 Å². The number of amides is 1. The molecule has 16 heavy (non-hydrogen) atoms. The Labute approximate surface area is 105 Å². The second kappa shape index (κ2) is 6.48. The number of benzene rings is 1. The molecule has 0 aliphatic rings. The maximum Gasteiger partial charge on any atom is 0.243 e. The van der Waals surface area contributed by atoms with Crippen molar-refractivity contribution >= 4 is 27.9 Å². The lowest BCUT2D eigenvalue weighted by Gasteiger charge is -2.00. The maximum atomic E-state index is 11.3. The van der Waals surface area contributed by atoms with Gasteiger partial charge in [-0.15, -0.1) is 0 Å². The fourth-order valence-electron chi connectivity index (χ4n) is 1.24. The molecule has 0 heterocycles. The van der Waals surface area contributed by atoms with E-state index in [1.54, 1.807) is 6.08 Å². The molecule has 0 atom stereocenters. The second-order valence-electron chi connectivity index (χ2n) is 3.65. The largest absolute Gasteiger partial charge is 0.353 e. The average Bonchev–Trinajstić information content (AvgIpc) is 2.25. The van der Waals surface area contributed by atoms with Gasteiger partial charge in [-0.3, -0.25) is 4.79 Å². The fraction of sp³-hybridized carbons (Fsp3) is 0.308. The van der Waals surface area contributed by atoms with E-state index < -0.39 is 0 Å². The van der Waals surface area contributed by atoms with Crippen molar-refractivity contribution in [3.05, 3.63) is 39.9 Å². The molecule has 0 spiro atoms. The van der Waals surface area contributed by atoms with E-state index in [0.29, 0.717) is 0 Å². The molecular formula is C13H16BrNO. The van der Waals surface area contributed by atoms with Crippen LogP contribution in [-0.2, 0) is 4.79 Å². The Morgan fingerprint density at radius 1 is 1.50 bits per heavy atom. The summed E-state index contributed by atoms with van der Waals surface area (Å²) in [4.78, 5) is 11.3. The van der Waals surface area contributed by atoms with Gasteiger partial charge < -0.3 is 5.32 Å². The highest BCUT2D eigenvalue weighted by molar-refractivity contribution is 9.10. The highest BCUT2D eigenvalue weighted by Crippen LogP contribution is 2.19. The van der Waals surface area contributed by atoms with Gasteiger partial charge in [0.2, 0.25) is 5.91 Å². The monoisotopic (exact) mass is 281 g/mol. The number of carbonyl (C=O) groups excluding carboxylic acids is 1. The smallest absolute Gasteiger partial charge is 0.243 e. The molecule has 0 bridgehead atoms. The van der Waals surface area contributed by atoms with E-state index in [9.17, 15) is 4.79 Å². The SMILES string of the molecule is CCCNC(=O)/C=C\c1ccc(C)cc1Br. The van der Waals surface area contributed by atoms with Crippen LogP contribution < -0.4 is 5.32 Å². The molecule has 0 aromatic heterocycles. The number of halogens is 1. The van der Waals surface area contributed by atoms with Crippen LogP contribution in [0, 0.1) is 6.92 Å². The zero-order chi connectivity index (χ0) is 12.0. The summed E-state index contributed by atoms with van der Waals surface area (Å²) in [5.74, 6) is -0.0469. The van der Waals surface area contributed by atoms with Gasteiger partial charge in [0, 0.05) is 17.1 Å². The summed E-state index contributed by atoms with van der Waals surface area (Å²) in [6.07, 6.45) is 4.33. The van der Waals surface area contributed by atoms with Crippen LogP contribution in [0.1, 0.15) is 24.5 Å². The number of hydrogen-bond donors (Lipinski definition) is 1. The number of hydrogen-bond acceptors (Lipinski definition) is 1. The van der Waals surface area contributed by atoms with Crippen molar-refractivity contribution in [1.82, 2.24) is 5.32 Å². The molecule has 3 heteroatoms. The predicted molar refractivity (Wildman–Crippen MR) is 71.2 cm³/mol. The lowest BCUT2D eigenvalue weighted by atomic mass is 10.1. The van der Waals surface area contributed by atoms with Crippen molar-refractivity contribution in [2.45, 2.75) is 20.3 Å². The molecule has 0 fully saturated rings. The van der Waals surface area contributed by atoms with Crippen LogP contribution in [0.2, 0.25) is 0 Å². The minimum Gasteiger partial charge on any atom is -0.353 e. The second-order valence-corrected chi connectivity index (χ2v) is 4.50. The van der Waals surface area contributed by atoms with Crippen LogP contribution >= 0.6 is 15.9 Å². The van der Waals surface area contributed by atoms with E-state index >= 15 is 0 Å². The Hall–Kier alpha value is -1.09. The molecule has 1 aromatic carbocycles. The van der Waals surface area contributed by atoms with E-state index in [1.165, 1.54) is 5.56 Å². The molecule has 0 saturated heterocycles. The quantitative estimate of drug-likeness (QED) is 0.843. The van der Waals surface area contributed by atoms with Crippen LogP contribution in [0.15, 0.2) is 28.7 Å². The van der Waals surface area contributed by atoms with Gasteiger partial charge in [0.05, 0.1) is 0 Å². The third-order valence-corrected chi connectivity index (χ3v) is 2.81. The molecule has 1 rings (SSSR count). The van der Waals surface area contributed by atoms with Crippen molar-refractivity contribution in [2.75, 3.05) is 6.54 Å². The Morgan fingerprint density at radius 3 is 2.88 bits per heavy atom. The van der Waals surface area contributed by atoms with Gasteiger partial charge >= 0.3 is 0 Å². The molecule has 0 aliphatic carbocycles. The summed E-state index contributed by atoms with van der Waals surface area (Å²) in [6.45, 7) is 4.78. The van der Waals surface area contributed by atoms with E-state index in [0.717, 1.165) is 23.0 Å². The molecule has 2 nitrogen and oxygen atoms in total. The average molecular weight is 282 g/mol. The van der Waals surface area contributed by atoms with E-state index in [2.05, 4.69) is 21.2 Å². The van der Waals surface area contributed by atoms with Crippen molar-refractivity contribution in [2.24, 2.45) is 0 Å². The Bertz CT molecular complexity index is 399. The minimum atomic E-state index is -0.0469. The van der Waals surface area contributed by atoms with Crippen LogP contribution in [0.4, 0.5) is 0 Å². The molecule has 0 radical (unpaired) electrons. The topological polar surface area (TPSA) is 29.1 Å². The fourth-order valence-corrected chi connectivity index (χ4v) is 1.87. The lowest BCUT2D eigenvalue weighted by molar-refractivity contribution is -0.116. The number of rotatable bonds is 4. The number of carbonyl (C=O) groups is 1. The molecule has 0 unspecified atom stereocenters. The van der Waals surface area contributed by atoms with E-state index in [-0.39, 0.29) is 5.91 Å². The van der Waals surface area contributed by atoms with Gasteiger partial charge in [-0.1, -0.05) is 35.0 Å². The molecular weight excluding hydrogens is 266 g/mol. The minimum absolute atomic E-state index is 0.0469. The van der Waals surface area contributed by atoms with E-state index in [4.69, 9.17) is 0 Å². The van der Waals surface area contributed by atoms with E-state index in [1.807, 2.05) is 38.1 Å². The molecule has 1 N–H and O–H groups in total. The summed E-state index contributed by atoms with van der Waals surface area (Å²) in [6, 6.07) is 6.04. The summed E-state index contributed by atoms with van der Waals surface area (Å²) in [5.41, 5.74) is 2.21. The third kappa shape index (κ3) is 4.19. The Balaban J connectivity index is 2.65. The van der Waals surface area contributed by atoms with Gasteiger partial charge in [-0.25, -0.2) is 0 Å². The van der Waals surface area contributed by atoms with Crippen molar-refractivity contribution in [1.29, 1.82) is 0 Å². The predicted octanol–water partition coefficient (Wildman–Crippen LogP) is 3.30. The Morgan fingerprint density at radius 2 is 2.25 bits per heavy atom. The van der Waals surface area contributed by atoms with Crippen LogP contribution in [-0.4, -0.2) is 12.5 Å². The normalized spacial score (nSPS) is 10.7. The molecule has 86 valence electrons. The molecule has 1 aromatic rings. The van der Waals surface area contributed by atoms with Crippen LogP contribution in [0.3, 0.4) is 0 Å². The highest BCUT2D eigenvalue weighted by Gasteiger charge is 1.97. The Kier molecular flexibility index (Phi) is 5.26. The molecule has 0 aliphatic heterocycles. The third-order valence-electron chi connectivity index (χ3n) is 2.12. The van der Waals surface area contributed by atoms with Crippen molar-refractivity contribution < 1.29 is 4.79 Å². The first-order chi connectivity index (χ1) is 7.63. The number of nitrogens with one attached hydrogen (secondary N) is 1. The first-order valence-electron chi connectivity index (χ1n) is 5.35. The van der Waals surface area contributed by atoms with Gasteiger partial charge in [0.25, 0.3) is 0 Å². The van der Waals surface area contributed by atoms with Crippen molar-refractivity contribution in [3.8, 4) is 0 Å². The number of aryl methyl sites for hydroxylation is 1. The highest BCUT2D eigenvalue weighted by atomic mass is 79.9. The maximum absolute atomic E-state index is 11.3. The van der Waals surface area contributed by atoms with Crippen LogP contribution in [0.25, 0.3) is 6.08 Å². The first-order valence-corrected chi connectivity index (χ1v) is 6.15.